The second-order valence-corrected chi connectivity index (χ2v) is 5.57. The molecule has 0 saturated carbocycles. The lowest BCUT2D eigenvalue weighted by Crippen LogP contribution is -2.37. The molecule has 3 N–H and O–H groups in total. The van der Waals surface area contributed by atoms with Gasteiger partial charge in [-0.05, 0) is 25.2 Å². The van der Waals surface area contributed by atoms with Crippen LogP contribution in [0.2, 0.25) is 0 Å². The number of H-pyrrole nitrogens is 1. The van der Waals surface area contributed by atoms with Gasteiger partial charge in [-0.3, -0.25) is 5.10 Å². The summed E-state index contributed by atoms with van der Waals surface area (Å²) in [6.07, 6.45) is 4.95. The summed E-state index contributed by atoms with van der Waals surface area (Å²) in [6, 6.07) is 0. The SMILES string of the molecule is CCCNc1nc(N2CCCC(CO)C2)c2cn[nH]c2n1. The van der Waals surface area contributed by atoms with Gasteiger partial charge >= 0.3 is 0 Å². The number of hydrogen-bond donors (Lipinski definition) is 3. The summed E-state index contributed by atoms with van der Waals surface area (Å²) in [6.45, 7) is 4.98. The van der Waals surface area contributed by atoms with Crippen LogP contribution in [0, 0.1) is 5.92 Å². The maximum absolute atomic E-state index is 9.41. The Hall–Kier alpha value is -1.89. The number of hydrogen-bond acceptors (Lipinski definition) is 6. The Labute approximate surface area is 123 Å². The van der Waals surface area contributed by atoms with Crippen LogP contribution >= 0.6 is 0 Å². The third-order valence-corrected chi connectivity index (χ3v) is 3.90. The fourth-order valence-electron chi connectivity index (χ4n) is 2.78. The van der Waals surface area contributed by atoms with Crippen molar-refractivity contribution in [2.75, 3.05) is 36.5 Å². The highest BCUT2D eigenvalue weighted by Crippen LogP contribution is 2.28. The number of aromatic nitrogens is 4. The van der Waals surface area contributed by atoms with Crippen LogP contribution in [0.5, 0.6) is 0 Å². The molecule has 114 valence electrons. The molecule has 1 saturated heterocycles. The Morgan fingerprint density at radius 3 is 3.19 bits per heavy atom. The van der Waals surface area contributed by atoms with E-state index in [0.29, 0.717) is 11.9 Å². The molecule has 0 aliphatic carbocycles. The van der Waals surface area contributed by atoms with Gasteiger partial charge in [0.15, 0.2) is 5.65 Å². The lowest BCUT2D eigenvalue weighted by Gasteiger charge is -2.33. The molecule has 3 heterocycles. The normalized spacial score (nSPS) is 19.1. The molecule has 7 heteroatoms. The molecule has 0 bridgehead atoms. The van der Waals surface area contributed by atoms with E-state index in [1.807, 2.05) is 0 Å². The van der Waals surface area contributed by atoms with Crippen molar-refractivity contribution < 1.29 is 5.11 Å². The number of piperidine rings is 1. The van der Waals surface area contributed by atoms with Gasteiger partial charge in [0.1, 0.15) is 5.82 Å². The number of anilines is 2. The number of aromatic amines is 1. The van der Waals surface area contributed by atoms with Gasteiger partial charge in [0.05, 0.1) is 11.6 Å². The smallest absolute Gasteiger partial charge is 0.226 e. The summed E-state index contributed by atoms with van der Waals surface area (Å²) < 4.78 is 0. The summed E-state index contributed by atoms with van der Waals surface area (Å²) in [5.41, 5.74) is 0.754. The van der Waals surface area contributed by atoms with E-state index < -0.39 is 0 Å². The highest BCUT2D eigenvalue weighted by atomic mass is 16.3. The van der Waals surface area contributed by atoms with Crippen LogP contribution in [-0.2, 0) is 0 Å². The summed E-state index contributed by atoms with van der Waals surface area (Å²) >= 11 is 0. The third kappa shape index (κ3) is 2.92. The van der Waals surface area contributed by atoms with Crippen molar-refractivity contribution in [1.29, 1.82) is 0 Å². The number of fused-ring (bicyclic) bond motifs is 1. The van der Waals surface area contributed by atoms with Crippen LogP contribution in [0.4, 0.5) is 11.8 Å². The van der Waals surface area contributed by atoms with E-state index >= 15 is 0 Å². The standard InChI is InChI=1S/C14H22N6O/c1-2-5-15-14-17-12-11(7-16-19-12)13(18-14)20-6-3-4-10(8-20)9-21/h7,10,21H,2-6,8-9H2,1H3,(H2,15,16,17,18,19). The van der Waals surface area contributed by atoms with E-state index in [4.69, 9.17) is 0 Å². The minimum absolute atomic E-state index is 0.233. The molecule has 0 aromatic carbocycles. The van der Waals surface area contributed by atoms with E-state index in [0.717, 1.165) is 55.7 Å². The summed E-state index contributed by atoms with van der Waals surface area (Å²) in [5, 5.41) is 20.6. The van der Waals surface area contributed by atoms with Gasteiger partial charge in [0.2, 0.25) is 5.95 Å². The average molecular weight is 290 g/mol. The van der Waals surface area contributed by atoms with Gasteiger partial charge in [-0.15, -0.1) is 0 Å². The topological polar surface area (TPSA) is 90.0 Å². The molecule has 7 nitrogen and oxygen atoms in total. The van der Waals surface area contributed by atoms with Crippen molar-refractivity contribution in [2.24, 2.45) is 5.92 Å². The predicted octanol–water partition coefficient (Wildman–Crippen LogP) is 1.38. The Kier molecular flexibility index (Phi) is 4.19. The Morgan fingerprint density at radius 1 is 1.48 bits per heavy atom. The van der Waals surface area contributed by atoms with Crippen molar-refractivity contribution in [3.8, 4) is 0 Å². The molecule has 1 fully saturated rings. The number of rotatable bonds is 5. The second-order valence-electron chi connectivity index (χ2n) is 5.57. The van der Waals surface area contributed by atoms with Crippen molar-refractivity contribution >= 4 is 22.8 Å². The minimum atomic E-state index is 0.233. The van der Waals surface area contributed by atoms with E-state index in [9.17, 15) is 5.11 Å². The zero-order valence-corrected chi connectivity index (χ0v) is 12.3. The maximum Gasteiger partial charge on any atom is 0.226 e. The molecule has 2 aromatic heterocycles. The van der Waals surface area contributed by atoms with E-state index in [1.165, 1.54) is 0 Å². The largest absolute Gasteiger partial charge is 0.396 e. The molecule has 0 spiro atoms. The van der Waals surface area contributed by atoms with Gasteiger partial charge < -0.3 is 15.3 Å². The van der Waals surface area contributed by atoms with Crippen LogP contribution in [0.25, 0.3) is 11.0 Å². The Bertz CT molecular complexity index is 598. The molecule has 3 rings (SSSR count). The number of nitrogens with one attached hydrogen (secondary N) is 2. The first-order valence-electron chi connectivity index (χ1n) is 7.62. The zero-order chi connectivity index (χ0) is 14.7. The third-order valence-electron chi connectivity index (χ3n) is 3.90. The average Bonchev–Trinajstić information content (AvgIpc) is 3.00. The van der Waals surface area contributed by atoms with Crippen LogP contribution in [0.1, 0.15) is 26.2 Å². The van der Waals surface area contributed by atoms with Gasteiger partial charge in [-0.2, -0.15) is 15.1 Å². The molecule has 1 aliphatic rings. The summed E-state index contributed by atoms with van der Waals surface area (Å²) in [7, 11) is 0. The fourth-order valence-corrected chi connectivity index (χ4v) is 2.78. The molecule has 21 heavy (non-hydrogen) atoms. The quantitative estimate of drug-likeness (QED) is 0.771. The first-order valence-corrected chi connectivity index (χ1v) is 7.62. The molecule has 0 amide bonds. The molecule has 0 radical (unpaired) electrons. The summed E-state index contributed by atoms with van der Waals surface area (Å²) in [5.74, 6) is 1.86. The van der Waals surface area contributed by atoms with Crippen molar-refractivity contribution in [3.05, 3.63) is 6.20 Å². The number of aliphatic hydroxyl groups is 1. The fraction of sp³-hybridized carbons (Fsp3) is 0.643. The highest BCUT2D eigenvalue weighted by Gasteiger charge is 2.23. The molecule has 1 unspecified atom stereocenters. The van der Waals surface area contributed by atoms with Crippen LogP contribution in [0.3, 0.4) is 0 Å². The number of aliphatic hydroxyl groups excluding tert-OH is 1. The van der Waals surface area contributed by atoms with E-state index in [2.05, 4.69) is 37.3 Å². The van der Waals surface area contributed by atoms with E-state index in [-0.39, 0.29) is 6.61 Å². The van der Waals surface area contributed by atoms with Crippen molar-refractivity contribution in [2.45, 2.75) is 26.2 Å². The van der Waals surface area contributed by atoms with Gasteiger partial charge in [-0.1, -0.05) is 6.92 Å². The minimum Gasteiger partial charge on any atom is -0.396 e. The van der Waals surface area contributed by atoms with Crippen molar-refractivity contribution in [3.63, 3.8) is 0 Å². The van der Waals surface area contributed by atoms with Crippen LogP contribution in [0.15, 0.2) is 6.20 Å². The van der Waals surface area contributed by atoms with Gasteiger partial charge in [0, 0.05) is 26.2 Å². The second kappa shape index (κ2) is 6.26. The number of nitrogens with zero attached hydrogens (tertiary/aromatic N) is 4. The van der Waals surface area contributed by atoms with Gasteiger partial charge in [0.25, 0.3) is 0 Å². The van der Waals surface area contributed by atoms with Crippen molar-refractivity contribution in [1.82, 2.24) is 20.2 Å². The lowest BCUT2D eigenvalue weighted by atomic mass is 9.99. The first kappa shape index (κ1) is 14.1. The Morgan fingerprint density at radius 2 is 2.38 bits per heavy atom. The van der Waals surface area contributed by atoms with Crippen LogP contribution in [-0.4, -0.2) is 51.5 Å². The highest BCUT2D eigenvalue weighted by molar-refractivity contribution is 5.87. The molecule has 2 aromatic rings. The Balaban J connectivity index is 1.93. The van der Waals surface area contributed by atoms with Crippen LogP contribution < -0.4 is 10.2 Å². The summed E-state index contributed by atoms with van der Waals surface area (Å²) in [4.78, 5) is 11.4. The molecular formula is C14H22N6O. The van der Waals surface area contributed by atoms with Gasteiger partial charge in [-0.25, -0.2) is 0 Å². The monoisotopic (exact) mass is 290 g/mol. The zero-order valence-electron chi connectivity index (χ0n) is 12.3. The predicted molar refractivity (Wildman–Crippen MR) is 82.5 cm³/mol. The lowest BCUT2D eigenvalue weighted by molar-refractivity contribution is 0.208. The molecule has 1 aliphatic heterocycles. The molecular weight excluding hydrogens is 268 g/mol. The molecule has 1 atom stereocenters. The maximum atomic E-state index is 9.41. The van der Waals surface area contributed by atoms with E-state index in [1.54, 1.807) is 6.20 Å². The first-order chi connectivity index (χ1) is 10.3.